The summed E-state index contributed by atoms with van der Waals surface area (Å²) in [5.74, 6) is 0.0775. The molecule has 0 aromatic carbocycles. The van der Waals surface area contributed by atoms with Gasteiger partial charge in [0.2, 0.25) is 0 Å². The van der Waals surface area contributed by atoms with Gasteiger partial charge in [-0.25, -0.2) is 4.79 Å². The van der Waals surface area contributed by atoms with Gasteiger partial charge in [-0.05, 0) is 40.5 Å². The lowest BCUT2D eigenvalue weighted by atomic mass is 9.93. The van der Waals surface area contributed by atoms with Crippen molar-refractivity contribution in [2.75, 3.05) is 6.54 Å². The average Bonchev–Trinajstić information content (AvgIpc) is 2.14. The Hall–Kier alpha value is -1.24. The second-order valence-corrected chi connectivity index (χ2v) is 5.37. The van der Waals surface area contributed by atoms with Crippen LogP contribution >= 0.6 is 0 Å². The number of carbonyl (C=O) groups excluding carboxylic acids is 1. The van der Waals surface area contributed by atoms with Gasteiger partial charge in [0.1, 0.15) is 5.60 Å². The molecule has 0 aromatic heterocycles. The van der Waals surface area contributed by atoms with Gasteiger partial charge in [-0.3, -0.25) is 0 Å². The molecule has 90 valence electrons. The van der Waals surface area contributed by atoms with E-state index < -0.39 is 5.60 Å². The van der Waals surface area contributed by atoms with Gasteiger partial charge in [0, 0.05) is 18.5 Å². The number of amides is 1. The van der Waals surface area contributed by atoms with Crippen molar-refractivity contribution in [1.82, 2.24) is 4.90 Å². The lowest BCUT2D eigenvalue weighted by molar-refractivity contribution is 0.00947. The molecular weight excluding hydrogens is 204 g/mol. The molecule has 1 fully saturated rings. The van der Waals surface area contributed by atoms with Crippen molar-refractivity contribution in [3.8, 4) is 6.07 Å². The number of nitriles is 1. The summed E-state index contributed by atoms with van der Waals surface area (Å²) >= 11 is 0. The van der Waals surface area contributed by atoms with E-state index in [9.17, 15) is 4.79 Å². The molecule has 4 nitrogen and oxygen atoms in total. The highest BCUT2D eigenvalue weighted by Gasteiger charge is 2.31. The fraction of sp³-hybridized carbons (Fsp3) is 0.833. The Bertz CT molecular complexity index is 301. The smallest absolute Gasteiger partial charge is 0.410 e. The Morgan fingerprint density at radius 1 is 1.50 bits per heavy atom. The van der Waals surface area contributed by atoms with Crippen LogP contribution in [0.4, 0.5) is 4.79 Å². The first-order valence-electron chi connectivity index (χ1n) is 5.72. The molecule has 0 aromatic rings. The predicted octanol–water partition coefficient (Wildman–Crippen LogP) is 2.55. The summed E-state index contributed by atoms with van der Waals surface area (Å²) in [6, 6.07) is 2.35. The van der Waals surface area contributed by atoms with E-state index in [1.807, 2.05) is 27.7 Å². The van der Waals surface area contributed by atoms with Crippen LogP contribution in [0.25, 0.3) is 0 Å². The number of nitrogens with zero attached hydrogens (tertiary/aromatic N) is 2. The highest BCUT2D eigenvalue weighted by atomic mass is 16.6. The number of ether oxygens (including phenoxy) is 1. The highest BCUT2D eigenvalue weighted by molar-refractivity contribution is 5.68. The molecule has 0 spiro atoms. The molecule has 4 heteroatoms. The van der Waals surface area contributed by atoms with Crippen molar-refractivity contribution in [3.63, 3.8) is 0 Å². The molecule has 0 N–H and O–H groups in total. The Labute approximate surface area is 97.2 Å². The molecule has 16 heavy (non-hydrogen) atoms. The number of piperidine rings is 1. The fourth-order valence-electron chi connectivity index (χ4n) is 1.88. The standard InChI is InChI=1S/C12H20N2O2/c1-9-7-10(8-13)5-6-14(9)11(15)16-12(2,3)4/h9-10H,5-7H2,1-4H3. The van der Waals surface area contributed by atoms with Crippen molar-refractivity contribution in [3.05, 3.63) is 0 Å². The quantitative estimate of drug-likeness (QED) is 0.635. The summed E-state index contributed by atoms with van der Waals surface area (Å²) < 4.78 is 5.32. The zero-order chi connectivity index (χ0) is 12.3. The van der Waals surface area contributed by atoms with E-state index >= 15 is 0 Å². The normalized spacial score (nSPS) is 26.1. The maximum absolute atomic E-state index is 11.8. The monoisotopic (exact) mass is 224 g/mol. The van der Waals surface area contributed by atoms with Gasteiger partial charge in [0.15, 0.2) is 0 Å². The number of hydrogen-bond donors (Lipinski definition) is 0. The van der Waals surface area contributed by atoms with Crippen LogP contribution in [0.5, 0.6) is 0 Å². The average molecular weight is 224 g/mol. The van der Waals surface area contributed by atoms with E-state index in [0.29, 0.717) is 6.54 Å². The summed E-state index contributed by atoms with van der Waals surface area (Å²) in [5, 5.41) is 8.84. The Kier molecular flexibility index (Phi) is 3.79. The molecule has 1 aliphatic heterocycles. The maximum Gasteiger partial charge on any atom is 0.410 e. The van der Waals surface area contributed by atoms with Gasteiger partial charge in [0.05, 0.1) is 6.07 Å². The first kappa shape index (κ1) is 12.8. The minimum Gasteiger partial charge on any atom is -0.444 e. The predicted molar refractivity (Wildman–Crippen MR) is 60.7 cm³/mol. The molecule has 1 heterocycles. The number of rotatable bonds is 0. The Balaban J connectivity index is 2.56. The van der Waals surface area contributed by atoms with Crippen LogP contribution in [-0.2, 0) is 4.74 Å². The largest absolute Gasteiger partial charge is 0.444 e. The number of carbonyl (C=O) groups is 1. The molecule has 2 unspecified atom stereocenters. The third-order valence-corrected chi connectivity index (χ3v) is 2.69. The summed E-state index contributed by atoms with van der Waals surface area (Å²) in [6.07, 6.45) is 1.23. The Morgan fingerprint density at radius 2 is 2.12 bits per heavy atom. The Morgan fingerprint density at radius 3 is 2.56 bits per heavy atom. The van der Waals surface area contributed by atoms with E-state index in [2.05, 4.69) is 6.07 Å². The summed E-state index contributed by atoms with van der Waals surface area (Å²) in [6.45, 7) is 8.16. The fourth-order valence-corrected chi connectivity index (χ4v) is 1.88. The van der Waals surface area contributed by atoms with E-state index in [4.69, 9.17) is 10.00 Å². The molecule has 2 atom stereocenters. The highest BCUT2D eigenvalue weighted by Crippen LogP contribution is 2.23. The van der Waals surface area contributed by atoms with Crippen molar-refractivity contribution >= 4 is 6.09 Å². The maximum atomic E-state index is 11.8. The first-order valence-corrected chi connectivity index (χ1v) is 5.72. The zero-order valence-corrected chi connectivity index (χ0v) is 10.5. The van der Waals surface area contributed by atoms with E-state index in [1.54, 1.807) is 4.90 Å². The third kappa shape index (κ3) is 3.41. The van der Waals surface area contributed by atoms with Crippen molar-refractivity contribution in [2.45, 2.75) is 52.2 Å². The molecule has 1 amide bonds. The summed E-state index contributed by atoms with van der Waals surface area (Å²) in [5.41, 5.74) is -0.455. The minimum atomic E-state index is -0.455. The van der Waals surface area contributed by atoms with Crippen molar-refractivity contribution in [1.29, 1.82) is 5.26 Å². The lowest BCUT2D eigenvalue weighted by Crippen LogP contribution is -2.46. The SMILES string of the molecule is CC1CC(C#N)CCN1C(=O)OC(C)(C)C. The van der Waals surface area contributed by atoms with E-state index in [0.717, 1.165) is 12.8 Å². The third-order valence-electron chi connectivity index (χ3n) is 2.69. The van der Waals surface area contributed by atoms with Crippen LogP contribution < -0.4 is 0 Å². The summed E-state index contributed by atoms with van der Waals surface area (Å²) in [7, 11) is 0. The molecule has 0 radical (unpaired) electrons. The van der Waals surface area contributed by atoms with Crippen LogP contribution in [0.2, 0.25) is 0 Å². The number of likely N-dealkylation sites (tertiary alicyclic amines) is 1. The second kappa shape index (κ2) is 4.73. The van der Waals surface area contributed by atoms with Crippen molar-refractivity contribution < 1.29 is 9.53 Å². The van der Waals surface area contributed by atoms with E-state index in [1.165, 1.54) is 0 Å². The molecule has 1 aliphatic rings. The zero-order valence-electron chi connectivity index (χ0n) is 10.5. The second-order valence-electron chi connectivity index (χ2n) is 5.37. The van der Waals surface area contributed by atoms with Gasteiger partial charge in [-0.1, -0.05) is 0 Å². The first-order chi connectivity index (χ1) is 7.33. The van der Waals surface area contributed by atoms with Crippen LogP contribution in [0.15, 0.2) is 0 Å². The number of hydrogen-bond acceptors (Lipinski definition) is 3. The van der Waals surface area contributed by atoms with Gasteiger partial charge >= 0.3 is 6.09 Å². The van der Waals surface area contributed by atoms with Crippen LogP contribution in [0, 0.1) is 17.2 Å². The topological polar surface area (TPSA) is 53.3 Å². The van der Waals surface area contributed by atoms with Crippen molar-refractivity contribution in [2.24, 2.45) is 5.92 Å². The molecule has 0 aliphatic carbocycles. The van der Waals surface area contributed by atoms with Gasteiger partial charge in [0.25, 0.3) is 0 Å². The molecule has 0 bridgehead atoms. The lowest BCUT2D eigenvalue weighted by Gasteiger charge is -2.36. The summed E-state index contributed by atoms with van der Waals surface area (Å²) in [4.78, 5) is 13.6. The minimum absolute atomic E-state index is 0.0775. The molecule has 1 saturated heterocycles. The van der Waals surface area contributed by atoms with Crippen LogP contribution in [-0.4, -0.2) is 29.2 Å². The molecule has 1 rings (SSSR count). The van der Waals surface area contributed by atoms with Gasteiger partial charge in [-0.15, -0.1) is 0 Å². The van der Waals surface area contributed by atoms with Gasteiger partial charge in [-0.2, -0.15) is 5.26 Å². The molecule has 0 saturated carbocycles. The van der Waals surface area contributed by atoms with Crippen LogP contribution in [0.3, 0.4) is 0 Å². The van der Waals surface area contributed by atoms with E-state index in [-0.39, 0.29) is 18.1 Å². The van der Waals surface area contributed by atoms with Gasteiger partial charge < -0.3 is 9.64 Å². The van der Waals surface area contributed by atoms with Crippen LogP contribution in [0.1, 0.15) is 40.5 Å². The molecular formula is C12H20N2O2.